The Morgan fingerprint density at radius 3 is 2.78 bits per heavy atom. The van der Waals surface area contributed by atoms with Gasteiger partial charge >= 0.3 is 0 Å². The Morgan fingerprint density at radius 2 is 2.07 bits per heavy atom. The topological polar surface area (TPSA) is 95.1 Å². The van der Waals surface area contributed by atoms with E-state index < -0.39 is 5.91 Å². The highest BCUT2D eigenvalue weighted by Gasteiger charge is 2.21. The van der Waals surface area contributed by atoms with E-state index in [1.54, 1.807) is 50.1 Å². The first-order valence-electron chi connectivity index (χ1n) is 8.32. The summed E-state index contributed by atoms with van der Waals surface area (Å²) in [5.41, 5.74) is 1.34. The van der Waals surface area contributed by atoms with Gasteiger partial charge in [-0.05, 0) is 31.2 Å². The number of aromatic nitrogens is 4. The average Bonchev–Trinajstić information content (AvgIpc) is 3.15. The molecule has 0 saturated carbocycles. The highest BCUT2D eigenvalue weighted by Crippen LogP contribution is 2.34. The van der Waals surface area contributed by atoms with E-state index in [-0.39, 0.29) is 5.76 Å². The minimum atomic E-state index is -0.413. The normalized spacial score (nSPS) is 10.9. The van der Waals surface area contributed by atoms with Crippen LogP contribution >= 0.6 is 0 Å². The van der Waals surface area contributed by atoms with Crippen LogP contribution in [-0.2, 0) is 7.05 Å². The van der Waals surface area contributed by atoms with Crippen molar-refractivity contribution in [2.45, 2.75) is 13.8 Å². The third-order valence-electron chi connectivity index (χ3n) is 4.04. The van der Waals surface area contributed by atoms with Gasteiger partial charge in [0.05, 0.1) is 22.8 Å². The van der Waals surface area contributed by atoms with E-state index in [9.17, 15) is 4.79 Å². The highest BCUT2D eigenvalue weighted by molar-refractivity contribution is 6.08. The molecule has 1 aromatic carbocycles. The summed E-state index contributed by atoms with van der Waals surface area (Å²) in [6.07, 6.45) is 3.29. The summed E-state index contributed by atoms with van der Waals surface area (Å²) in [6, 6.07) is 9.18. The van der Waals surface area contributed by atoms with E-state index in [1.165, 1.54) is 0 Å². The van der Waals surface area contributed by atoms with Gasteiger partial charge in [-0.25, -0.2) is 4.98 Å². The maximum Gasteiger partial charge on any atom is 0.294 e. The fourth-order valence-corrected chi connectivity index (χ4v) is 2.89. The van der Waals surface area contributed by atoms with Crippen LogP contribution in [0.25, 0.3) is 10.9 Å². The van der Waals surface area contributed by atoms with Crippen molar-refractivity contribution in [2.24, 2.45) is 7.05 Å². The number of nitrogens with one attached hydrogen (secondary N) is 1. The number of fused-ring (bicyclic) bond motifs is 1. The van der Waals surface area contributed by atoms with Crippen LogP contribution in [0.3, 0.4) is 0 Å². The van der Waals surface area contributed by atoms with Gasteiger partial charge in [0.1, 0.15) is 11.5 Å². The molecule has 0 unspecified atom stereocenters. The van der Waals surface area contributed by atoms with Crippen LogP contribution in [0.15, 0.2) is 47.1 Å². The van der Waals surface area contributed by atoms with Gasteiger partial charge in [-0.1, -0.05) is 6.07 Å². The van der Waals surface area contributed by atoms with Crippen molar-refractivity contribution in [3.63, 3.8) is 0 Å². The number of pyridine rings is 1. The molecule has 8 nitrogen and oxygen atoms in total. The van der Waals surface area contributed by atoms with Crippen LogP contribution < -0.4 is 10.1 Å². The van der Waals surface area contributed by atoms with Crippen LogP contribution in [0.5, 0.6) is 11.5 Å². The number of carbonyl (C=O) groups excluding carboxylic acids is 1. The van der Waals surface area contributed by atoms with Gasteiger partial charge in [-0.2, -0.15) is 5.10 Å². The molecule has 0 aliphatic heterocycles. The standard InChI is InChI=1S/C19H17N5O3/c1-11-17(26-12(2)21-11)19(25)22-18-16-14(24(3)23-18)7-4-8-15(16)27-13-6-5-9-20-10-13/h4-10H,1-3H3,(H,22,23,25). The molecular weight excluding hydrogens is 346 g/mol. The van der Waals surface area contributed by atoms with Gasteiger partial charge in [0, 0.05) is 20.2 Å². The summed E-state index contributed by atoms with van der Waals surface area (Å²) >= 11 is 0. The number of oxazole rings is 1. The quantitative estimate of drug-likeness (QED) is 0.595. The lowest BCUT2D eigenvalue weighted by atomic mass is 10.2. The monoisotopic (exact) mass is 363 g/mol. The molecule has 3 heterocycles. The minimum absolute atomic E-state index is 0.164. The zero-order valence-electron chi connectivity index (χ0n) is 15.1. The highest BCUT2D eigenvalue weighted by atomic mass is 16.5. The van der Waals surface area contributed by atoms with Crippen LogP contribution in [0, 0.1) is 13.8 Å². The lowest BCUT2D eigenvalue weighted by Gasteiger charge is -2.08. The molecule has 0 bridgehead atoms. The molecule has 1 amide bonds. The molecule has 0 atom stereocenters. The Bertz CT molecular complexity index is 1130. The molecule has 27 heavy (non-hydrogen) atoms. The van der Waals surface area contributed by atoms with Gasteiger partial charge in [0.15, 0.2) is 11.7 Å². The second-order valence-corrected chi connectivity index (χ2v) is 6.01. The van der Waals surface area contributed by atoms with Crippen molar-refractivity contribution >= 4 is 22.6 Å². The molecule has 0 aliphatic rings. The van der Waals surface area contributed by atoms with Crippen LogP contribution in [-0.4, -0.2) is 25.7 Å². The lowest BCUT2D eigenvalue weighted by Crippen LogP contribution is -2.13. The molecule has 4 aromatic rings. The molecule has 0 spiro atoms. The lowest BCUT2D eigenvalue weighted by molar-refractivity contribution is 0.0994. The molecule has 0 fully saturated rings. The number of aryl methyl sites for hydroxylation is 3. The number of rotatable bonds is 4. The van der Waals surface area contributed by atoms with E-state index in [0.29, 0.717) is 34.3 Å². The van der Waals surface area contributed by atoms with E-state index in [2.05, 4.69) is 20.4 Å². The zero-order chi connectivity index (χ0) is 19.0. The van der Waals surface area contributed by atoms with Crippen LogP contribution in [0.2, 0.25) is 0 Å². The first-order valence-corrected chi connectivity index (χ1v) is 8.32. The predicted molar refractivity (Wildman–Crippen MR) is 99.0 cm³/mol. The summed E-state index contributed by atoms with van der Waals surface area (Å²) < 4.78 is 13.0. The molecular formula is C19H17N5O3. The molecule has 8 heteroatoms. The molecule has 0 radical (unpaired) electrons. The molecule has 1 N–H and O–H groups in total. The van der Waals surface area contributed by atoms with E-state index in [1.807, 2.05) is 18.2 Å². The van der Waals surface area contributed by atoms with Gasteiger partial charge in [-0.3, -0.25) is 14.5 Å². The number of carbonyl (C=O) groups is 1. The van der Waals surface area contributed by atoms with Crippen molar-refractivity contribution < 1.29 is 13.9 Å². The molecule has 0 saturated heterocycles. The molecule has 0 aliphatic carbocycles. The van der Waals surface area contributed by atoms with E-state index >= 15 is 0 Å². The summed E-state index contributed by atoms with van der Waals surface area (Å²) in [4.78, 5) is 20.8. The van der Waals surface area contributed by atoms with Crippen molar-refractivity contribution in [1.82, 2.24) is 19.7 Å². The Labute approximate surface area is 154 Å². The first-order chi connectivity index (χ1) is 13.0. The largest absolute Gasteiger partial charge is 0.455 e. The fourth-order valence-electron chi connectivity index (χ4n) is 2.89. The Kier molecular flexibility index (Phi) is 4.08. The van der Waals surface area contributed by atoms with Crippen molar-refractivity contribution in [2.75, 3.05) is 5.32 Å². The second-order valence-electron chi connectivity index (χ2n) is 6.01. The number of benzene rings is 1. The smallest absolute Gasteiger partial charge is 0.294 e. The van der Waals surface area contributed by atoms with Crippen molar-refractivity contribution in [1.29, 1.82) is 0 Å². The third-order valence-corrected chi connectivity index (χ3v) is 4.04. The number of ether oxygens (including phenoxy) is 1. The molecule has 136 valence electrons. The summed E-state index contributed by atoms with van der Waals surface area (Å²) in [6.45, 7) is 3.42. The Balaban J connectivity index is 1.74. The maximum absolute atomic E-state index is 12.6. The average molecular weight is 363 g/mol. The van der Waals surface area contributed by atoms with E-state index in [4.69, 9.17) is 9.15 Å². The minimum Gasteiger partial charge on any atom is -0.455 e. The maximum atomic E-state index is 12.6. The molecule has 3 aromatic heterocycles. The van der Waals surface area contributed by atoms with Crippen molar-refractivity contribution in [3.05, 3.63) is 60.1 Å². The zero-order valence-corrected chi connectivity index (χ0v) is 15.1. The van der Waals surface area contributed by atoms with Gasteiger partial charge in [0.2, 0.25) is 5.76 Å². The van der Waals surface area contributed by atoms with E-state index in [0.717, 1.165) is 5.52 Å². The second kappa shape index (κ2) is 6.56. The summed E-state index contributed by atoms with van der Waals surface area (Å²) in [7, 11) is 1.80. The van der Waals surface area contributed by atoms with Gasteiger partial charge in [-0.15, -0.1) is 0 Å². The number of hydrogen-bond donors (Lipinski definition) is 1. The SMILES string of the molecule is Cc1nc(C)c(C(=O)Nc2nn(C)c3cccc(Oc4cccnc4)c23)o1. The number of amides is 1. The van der Waals surface area contributed by atoms with Crippen LogP contribution in [0.1, 0.15) is 22.1 Å². The van der Waals surface area contributed by atoms with Crippen LogP contribution in [0.4, 0.5) is 5.82 Å². The fraction of sp³-hybridized carbons (Fsp3) is 0.158. The predicted octanol–water partition coefficient (Wildman–Crippen LogP) is 3.62. The molecule has 4 rings (SSSR count). The Morgan fingerprint density at radius 1 is 1.22 bits per heavy atom. The number of hydrogen-bond acceptors (Lipinski definition) is 6. The van der Waals surface area contributed by atoms with Gasteiger partial charge in [0.25, 0.3) is 5.91 Å². The number of anilines is 1. The summed E-state index contributed by atoms with van der Waals surface area (Å²) in [5, 5.41) is 7.91. The summed E-state index contributed by atoms with van der Waals surface area (Å²) in [5.74, 6) is 1.72. The number of nitrogens with zero attached hydrogens (tertiary/aromatic N) is 4. The van der Waals surface area contributed by atoms with Gasteiger partial charge < -0.3 is 14.5 Å². The third kappa shape index (κ3) is 3.12. The Hall–Kier alpha value is -3.68. The first kappa shape index (κ1) is 16.8. The van der Waals surface area contributed by atoms with Crippen molar-refractivity contribution in [3.8, 4) is 11.5 Å².